The van der Waals surface area contributed by atoms with Crippen LogP contribution in [0, 0.1) is 0 Å². The number of likely N-dealkylation sites (N-methyl/N-ethyl adjacent to an activating group) is 2. The molecule has 0 saturated heterocycles. The molecular formula is C21H31N3. The summed E-state index contributed by atoms with van der Waals surface area (Å²) in [6.45, 7) is 11.1. The van der Waals surface area contributed by atoms with Crippen LogP contribution in [0.5, 0.6) is 0 Å². The Morgan fingerprint density at radius 2 is 1.62 bits per heavy atom. The van der Waals surface area contributed by atoms with Crippen molar-refractivity contribution in [1.82, 2.24) is 14.8 Å². The molecule has 0 saturated carbocycles. The quantitative estimate of drug-likeness (QED) is 0.781. The van der Waals surface area contributed by atoms with Gasteiger partial charge in [-0.05, 0) is 59.5 Å². The zero-order valence-electron chi connectivity index (χ0n) is 16.0. The third-order valence-electron chi connectivity index (χ3n) is 4.95. The first-order chi connectivity index (χ1) is 11.3. The maximum Gasteiger partial charge on any atom is 0.0705 e. The molecule has 1 atom stereocenters. The van der Waals surface area contributed by atoms with Crippen molar-refractivity contribution in [1.29, 1.82) is 0 Å². The molecule has 0 spiro atoms. The number of pyridine rings is 1. The monoisotopic (exact) mass is 325 g/mol. The van der Waals surface area contributed by atoms with Crippen LogP contribution in [0.3, 0.4) is 0 Å². The molecule has 0 aliphatic carbocycles. The summed E-state index contributed by atoms with van der Waals surface area (Å²) in [5.74, 6) is 0. The highest BCUT2D eigenvalue weighted by atomic mass is 15.2. The van der Waals surface area contributed by atoms with Crippen LogP contribution in [0.4, 0.5) is 0 Å². The molecule has 0 aliphatic rings. The summed E-state index contributed by atoms with van der Waals surface area (Å²) in [6.07, 6.45) is 1.86. The molecule has 0 aliphatic heterocycles. The Hall–Kier alpha value is -1.71. The van der Waals surface area contributed by atoms with Crippen LogP contribution in [0.15, 0.2) is 48.7 Å². The highest BCUT2D eigenvalue weighted by molar-refractivity contribution is 5.64. The summed E-state index contributed by atoms with van der Waals surface area (Å²) in [7, 11) is 4.40. The standard InChI is InChI=1S/C21H31N3/c1-17(23(5)15-16-24(6)21(2,3)4)18-11-7-8-12-19(18)20-13-9-10-14-22-20/h7-14,17H,15-16H2,1-6H3. The van der Waals surface area contributed by atoms with Gasteiger partial charge in [0, 0.05) is 36.4 Å². The molecule has 24 heavy (non-hydrogen) atoms. The van der Waals surface area contributed by atoms with Crippen LogP contribution in [-0.4, -0.2) is 47.5 Å². The molecule has 0 amide bonds. The number of rotatable bonds is 6. The summed E-state index contributed by atoms with van der Waals surface area (Å²) in [4.78, 5) is 9.36. The number of nitrogens with zero attached hydrogens (tertiary/aromatic N) is 3. The smallest absolute Gasteiger partial charge is 0.0705 e. The van der Waals surface area contributed by atoms with Crippen molar-refractivity contribution in [3.63, 3.8) is 0 Å². The first kappa shape index (κ1) is 18.6. The molecule has 0 fully saturated rings. The molecule has 130 valence electrons. The van der Waals surface area contributed by atoms with E-state index in [1.165, 1.54) is 11.1 Å². The molecule has 3 heteroatoms. The van der Waals surface area contributed by atoms with Gasteiger partial charge in [0.25, 0.3) is 0 Å². The van der Waals surface area contributed by atoms with E-state index in [9.17, 15) is 0 Å². The van der Waals surface area contributed by atoms with E-state index in [0.717, 1.165) is 18.8 Å². The lowest BCUT2D eigenvalue weighted by Gasteiger charge is -2.35. The molecule has 1 unspecified atom stereocenters. The van der Waals surface area contributed by atoms with Crippen molar-refractivity contribution in [3.8, 4) is 11.3 Å². The number of hydrogen-bond acceptors (Lipinski definition) is 3. The average molecular weight is 326 g/mol. The van der Waals surface area contributed by atoms with Gasteiger partial charge in [-0.3, -0.25) is 9.88 Å². The summed E-state index contributed by atoms with van der Waals surface area (Å²) in [5, 5.41) is 0. The van der Waals surface area contributed by atoms with Crippen LogP contribution >= 0.6 is 0 Å². The van der Waals surface area contributed by atoms with E-state index >= 15 is 0 Å². The minimum Gasteiger partial charge on any atom is -0.300 e. The van der Waals surface area contributed by atoms with Crippen molar-refractivity contribution < 1.29 is 0 Å². The Balaban J connectivity index is 2.14. The van der Waals surface area contributed by atoms with Crippen molar-refractivity contribution >= 4 is 0 Å². The van der Waals surface area contributed by atoms with Gasteiger partial charge in [-0.25, -0.2) is 0 Å². The largest absolute Gasteiger partial charge is 0.300 e. The van der Waals surface area contributed by atoms with E-state index in [1.807, 2.05) is 18.3 Å². The molecule has 1 heterocycles. The van der Waals surface area contributed by atoms with E-state index in [1.54, 1.807) is 0 Å². The SMILES string of the molecule is CC(c1ccccc1-c1ccccn1)N(C)CCN(C)C(C)(C)C. The molecule has 1 aromatic carbocycles. The lowest BCUT2D eigenvalue weighted by Crippen LogP contribution is -2.42. The van der Waals surface area contributed by atoms with Gasteiger partial charge in [0.15, 0.2) is 0 Å². The Kier molecular flexibility index (Phi) is 6.14. The van der Waals surface area contributed by atoms with Crippen LogP contribution < -0.4 is 0 Å². The van der Waals surface area contributed by atoms with Crippen molar-refractivity contribution in [2.45, 2.75) is 39.3 Å². The van der Waals surface area contributed by atoms with E-state index < -0.39 is 0 Å². The predicted molar refractivity (Wildman–Crippen MR) is 103 cm³/mol. The number of benzene rings is 1. The minimum absolute atomic E-state index is 0.204. The average Bonchev–Trinajstić information content (AvgIpc) is 2.58. The fourth-order valence-electron chi connectivity index (χ4n) is 2.69. The van der Waals surface area contributed by atoms with E-state index in [0.29, 0.717) is 6.04 Å². The Labute approximate surface area is 147 Å². The topological polar surface area (TPSA) is 19.4 Å². The molecule has 0 bridgehead atoms. The normalized spacial score (nSPS) is 13.5. The fourth-order valence-corrected chi connectivity index (χ4v) is 2.69. The molecule has 2 aromatic rings. The van der Waals surface area contributed by atoms with E-state index in [-0.39, 0.29) is 5.54 Å². The van der Waals surface area contributed by atoms with Gasteiger partial charge in [0.1, 0.15) is 0 Å². The summed E-state index contributed by atoms with van der Waals surface area (Å²) in [6, 6.07) is 15.0. The second kappa shape index (κ2) is 7.91. The number of hydrogen-bond donors (Lipinski definition) is 0. The van der Waals surface area contributed by atoms with Gasteiger partial charge in [0.2, 0.25) is 0 Å². The zero-order valence-corrected chi connectivity index (χ0v) is 16.0. The number of aromatic nitrogens is 1. The molecule has 0 N–H and O–H groups in total. The first-order valence-electron chi connectivity index (χ1n) is 8.72. The van der Waals surface area contributed by atoms with Crippen molar-refractivity contribution in [3.05, 3.63) is 54.2 Å². The van der Waals surface area contributed by atoms with Crippen LogP contribution in [0.2, 0.25) is 0 Å². The van der Waals surface area contributed by atoms with Gasteiger partial charge in [-0.1, -0.05) is 30.3 Å². The molecule has 1 aromatic heterocycles. The molecule has 2 rings (SSSR count). The fraction of sp³-hybridized carbons (Fsp3) is 0.476. The third-order valence-corrected chi connectivity index (χ3v) is 4.95. The highest BCUT2D eigenvalue weighted by Gasteiger charge is 2.20. The molecular weight excluding hydrogens is 294 g/mol. The van der Waals surface area contributed by atoms with Crippen molar-refractivity contribution in [2.75, 3.05) is 27.2 Å². The Morgan fingerprint density at radius 1 is 0.958 bits per heavy atom. The summed E-state index contributed by atoms with van der Waals surface area (Å²) >= 11 is 0. The summed E-state index contributed by atoms with van der Waals surface area (Å²) in [5.41, 5.74) is 3.80. The second-order valence-corrected chi connectivity index (χ2v) is 7.55. The van der Waals surface area contributed by atoms with Gasteiger partial charge in [-0.2, -0.15) is 0 Å². The minimum atomic E-state index is 0.204. The molecule has 0 radical (unpaired) electrons. The second-order valence-electron chi connectivity index (χ2n) is 7.55. The summed E-state index contributed by atoms with van der Waals surface area (Å²) < 4.78 is 0. The van der Waals surface area contributed by atoms with Gasteiger partial charge in [0.05, 0.1) is 5.69 Å². The van der Waals surface area contributed by atoms with E-state index in [2.05, 4.69) is 86.9 Å². The van der Waals surface area contributed by atoms with Gasteiger partial charge >= 0.3 is 0 Å². The maximum atomic E-state index is 4.53. The van der Waals surface area contributed by atoms with Crippen molar-refractivity contribution in [2.24, 2.45) is 0 Å². The third kappa shape index (κ3) is 4.65. The Morgan fingerprint density at radius 3 is 2.25 bits per heavy atom. The lowest BCUT2D eigenvalue weighted by atomic mass is 9.98. The lowest BCUT2D eigenvalue weighted by molar-refractivity contribution is 0.142. The van der Waals surface area contributed by atoms with Gasteiger partial charge < -0.3 is 4.90 Å². The van der Waals surface area contributed by atoms with Crippen LogP contribution in [0.25, 0.3) is 11.3 Å². The molecule has 3 nitrogen and oxygen atoms in total. The van der Waals surface area contributed by atoms with Crippen LogP contribution in [-0.2, 0) is 0 Å². The first-order valence-corrected chi connectivity index (χ1v) is 8.72. The van der Waals surface area contributed by atoms with Crippen LogP contribution in [0.1, 0.15) is 39.3 Å². The van der Waals surface area contributed by atoms with Gasteiger partial charge in [-0.15, -0.1) is 0 Å². The van der Waals surface area contributed by atoms with E-state index in [4.69, 9.17) is 0 Å². The predicted octanol–water partition coefficient (Wildman–Crippen LogP) is 4.47. The highest BCUT2D eigenvalue weighted by Crippen LogP contribution is 2.29. The Bertz CT molecular complexity index is 631. The maximum absolute atomic E-state index is 4.53. The zero-order chi connectivity index (χ0) is 17.7.